The lowest BCUT2D eigenvalue weighted by Crippen LogP contribution is -2.34. The average molecular weight is 305 g/mol. The summed E-state index contributed by atoms with van der Waals surface area (Å²) in [4.78, 5) is 16.0. The Morgan fingerprint density at radius 2 is 2.24 bits per heavy atom. The van der Waals surface area contributed by atoms with E-state index in [1.165, 1.54) is 19.3 Å². The number of hydrogen-bond acceptors (Lipinski definition) is 4. The van der Waals surface area contributed by atoms with Crippen molar-refractivity contribution in [3.63, 3.8) is 0 Å². The number of fused-ring (bicyclic) bond motifs is 1. The van der Waals surface area contributed by atoms with Crippen LogP contribution in [0.3, 0.4) is 0 Å². The molecule has 2 heterocycles. The summed E-state index contributed by atoms with van der Waals surface area (Å²) in [6, 6.07) is 5.79. The molecule has 3 rings (SSSR count). The topological polar surface area (TPSA) is 66.6 Å². The minimum absolute atomic E-state index is 0.219. The van der Waals surface area contributed by atoms with E-state index >= 15 is 0 Å². The van der Waals surface area contributed by atoms with Crippen molar-refractivity contribution in [1.82, 2.24) is 9.38 Å². The number of thioether (sulfide) groups is 1. The lowest BCUT2D eigenvalue weighted by molar-refractivity contribution is 0.0690. The Bertz CT molecular complexity index is 655. The number of carbonyl (C=O) groups is 1. The first-order valence-electron chi connectivity index (χ1n) is 7.20. The van der Waals surface area contributed by atoms with Crippen LogP contribution in [-0.4, -0.2) is 38.0 Å². The van der Waals surface area contributed by atoms with Gasteiger partial charge in [0, 0.05) is 17.5 Å². The number of rotatable bonds is 4. The smallest absolute Gasteiger partial charge is 0.356 e. The van der Waals surface area contributed by atoms with Gasteiger partial charge >= 0.3 is 5.97 Å². The summed E-state index contributed by atoms with van der Waals surface area (Å²) in [6.45, 7) is 0. The SMILES string of the molecule is CSC1CCCCC1Nc1nc2ccccn2c1C(=O)O. The first-order chi connectivity index (χ1) is 10.2. The molecule has 0 radical (unpaired) electrons. The van der Waals surface area contributed by atoms with Crippen LogP contribution < -0.4 is 5.32 Å². The number of aromatic carboxylic acids is 1. The van der Waals surface area contributed by atoms with Gasteiger partial charge in [0.1, 0.15) is 5.65 Å². The Balaban J connectivity index is 1.96. The number of nitrogens with zero attached hydrogens (tertiary/aromatic N) is 2. The number of anilines is 1. The van der Waals surface area contributed by atoms with Crippen molar-refractivity contribution in [3.05, 3.63) is 30.1 Å². The van der Waals surface area contributed by atoms with Gasteiger partial charge < -0.3 is 10.4 Å². The molecule has 2 aromatic heterocycles. The number of pyridine rings is 1. The summed E-state index contributed by atoms with van der Waals surface area (Å²) in [5.74, 6) is -0.465. The maximum Gasteiger partial charge on any atom is 0.356 e. The molecule has 0 bridgehead atoms. The first-order valence-corrected chi connectivity index (χ1v) is 8.49. The van der Waals surface area contributed by atoms with E-state index in [1.54, 1.807) is 10.6 Å². The highest BCUT2D eigenvalue weighted by Crippen LogP contribution is 2.30. The highest BCUT2D eigenvalue weighted by atomic mass is 32.2. The highest BCUT2D eigenvalue weighted by Gasteiger charge is 2.27. The summed E-state index contributed by atoms with van der Waals surface area (Å²) < 4.78 is 1.63. The monoisotopic (exact) mass is 305 g/mol. The molecule has 1 fully saturated rings. The molecule has 2 atom stereocenters. The van der Waals surface area contributed by atoms with Crippen LogP contribution in [-0.2, 0) is 0 Å². The van der Waals surface area contributed by atoms with Crippen molar-refractivity contribution in [2.24, 2.45) is 0 Å². The number of nitrogens with one attached hydrogen (secondary N) is 1. The Kier molecular flexibility index (Phi) is 4.05. The zero-order valence-electron chi connectivity index (χ0n) is 12.0. The van der Waals surface area contributed by atoms with Crippen molar-refractivity contribution in [2.45, 2.75) is 37.0 Å². The summed E-state index contributed by atoms with van der Waals surface area (Å²) in [5.41, 5.74) is 0.880. The van der Waals surface area contributed by atoms with E-state index in [2.05, 4.69) is 16.6 Å². The molecule has 0 amide bonds. The summed E-state index contributed by atoms with van der Waals surface area (Å²) in [5, 5.41) is 13.4. The molecular formula is C15H19N3O2S. The van der Waals surface area contributed by atoms with Gasteiger partial charge in [0.15, 0.2) is 11.5 Å². The van der Waals surface area contributed by atoms with E-state index in [0.29, 0.717) is 16.7 Å². The van der Waals surface area contributed by atoms with Crippen LogP contribution in [0.15, 0.2) is 24.4 Å². The lowest BCUT2D eigenvalue weighted by atomic mass is 9.95. The molecule has 0 aliphatic heterocycles. The molecule has 2 N–H and O–H groups in total. The Morgan fingerprint density at radius 3 is 3.00 bits per heavy atom. The largest absolute Gasteiger partial charge is 0.476 e. The third-order valence-corrected chi connectivity index (χ3v) is 5.23. The van der Waals surface area contributed by atoms with Crippen molar-refractivity contribution >= 4 is 29.2 Å². The maximum absolute atomic E-state index is 11.6. The van der Waals surface area contributed by atoms with Gasteiger partial charge in [-0.05, 0) is 31.2 Å². The quantitative estimate of drug-likeness (QED) is 0.908. The molecular weight excluding hydrogens is 286 g/mol. The molecule has 1 aliphatic carbocycles. The second-order valence-corrected chi connectivity index (χ2v) is 6.43. The van der Waals surface area contributed by atoms with E-state index in [-0.39, 0.29) is 11.7 Å². The fourth-order valence-corrected chi connectivity index (χ4v) is 3.96. The zero-order valence-corrected chi connectivity index (χ0v) is 12.8. The number of aromatic nitrogens is 2. The Morgan fingerprint density at radius 1 is 1.43 bits per heavy atom. The number of imidazole rings is 1. The van der Waals surface area contributed by atoms with Crippen LogP contribution in [0.5, 0.6) is 0 Å². The minimum atomic E-state index is -0.951. The number of hydrogen-bond donors (Lipinski definition) is 2. The molecule has 5 nitrogen and oxygen atoms in total. The van der Waals surface area contributed by atoms with Gasteiger partial charge in [0.25, 0.3) is 0 Å². The predicted molar refractivity (Wildman–Crippen MR) is 85.3 cm³/mol. The van der Waals surface area contributed by atoms with Crippen LogP contribution in [0.2, 0.25) is 0 Å². The van der Waals surface area contributed by atoms with Gasteiger partial charge in [-0.25, -0.2) is 9.78 Å². The summed E-state index contributed by atoms with van der Waals surface area (Å²) in [7, 11) is 0. The minimum Gasteiger partial charge on any atom is -0.476 e. The molecule has 2 unspecified atom stereocenters. The van der Waals surface area contributed by atoms with E-state index in [4.69, 9.17) is 0 Å². The molecule has 6 heteroatoms. The van der Waals surface area contributed by atoms with Crippen LogP contribution in [0.1, 0.15) is 36.2 Å². The van der Waals surface area contributed by atoms with Gasteiger partial charge in [-0.15, -0.1) is 0 Å². The van der Waals surface area contributed by atoms with Gasteiger partial charge in [-0.3, -0.25) is 4.40 Å². The normalized spacial score (nSPS) is 22.3. The van der Waals surface area contributed by atoms with Gasteiger partial charge in [0.2, 0.25) is 0 Å². The zero-order chi connectivity index (χ0) is 14.8. The molecule has 1 aliphatic rings. The molecule has 0 aromatic carbocycles. The summed E-state index contributed by atoms with van der Waals surface area (Å²) in [6.07, 6.45) is 8.54. The van der Waals surface area contributed by atoms with E-state index in [0.717, 1.165) is 6.42 Å². The third-order valence-electron chi connectivity index (χ3n) is 4.06. The second-order valence-electron chi connectivity index (χ2n) is 5.35. The third kappa shape index (κ3) is 2.72. The van der Waals surface area contributed by atoms with Gasteiger partial charge in [0.05, 0.1) is 0 Å². The average Bonchev–Trinajstić information content (AvgIpc) is 2.85. The van der Waals surface area contributed by atoms with Crippen LogP contribution in [0.4, 0.5) is 5.82 Å². The van der Waals surface area contributed by atoms with Gasteiger partial charge in [-0.2, -0.15) is 11.8 Å². The maximum atomic E-state index is 11.6. The van der Waals surface area contributed by atoms with Crippen molar-refractivity contribution < 1.29 is 9.90 Å². The van der Waals surface area contributed by atoms with E-state index < -0.39 is 5.97 Å². The van der Waals surface area contributed by atoms with Crippen molar-refractivity contribution in [3.8, 4) is 0 Å². The standard InChI is InChI=1S/C15H19N3O2S/c1-21-11-7-3-2-6-10(11)16-14-13(15(19)20)18-9-5-4-8-12(18)17-14/h4-5,8-11,16H,2-3,6-7H2,1H3,(H,19,20). The molecule has 112 valence electrons. The van der Waals surface area contributed by atoms with Crippen LogP contribution in [0.25, 0.3) is 5.65 Å². The molecule has 2 aromatic rings. The fraction of sp³-hybridized carbons (Fsp3) is 0.467. The van der Waals surface area contributed by atoms with Crippen LogP contribution >= 0.6 is 11.8 Å². The lowest BCUT2D eigenvalue weighted by Gasteiger charge is -2.31. The molecule has 1 saturated carbocycles. The van der Waals surface area contributed by atoms with E-state index in [9.17, 15) is 9.90 Å². The first kappa shape index (κ1) is 14.3. The van der Waals surface area contributed by atoms with Crippen LogP contribution in [0, 0.1) is 0 Å². The number of carboxylic acids is 1. The Labute approximate surface area is 127 Å². The van der Waals surface area contributed by atoms with E-state index in [1.807, 2.05) is 30.0 Å². The second kappa shape index (κ2) is 5.97. The molecule has 0 spiro atoms. The number of carboxylic acid groups (broad SMARTS) is 1. The highest BCUT2D eigenvalue weighted by molar-refractivity contribution is 7.99. The summed E-state index contributed by atoms with van der Waals surface area (Å²) >= 11 is 1.85. The molecule has 21 heavy (non-hydrogen) atoms. The van der Waals surface area contributed by atoms with Crippen molar-refractivity contribution in [2.75, 3.05) is 11.6 Å². The van der Waals surface area contributed by atoms with Crippen molar-refractivity contribution in [1.29, 1.82) is 0 Å². The van der Waals surface area contributed by atoms with Gasteiger partial charge in [-0.1, -0.05) is 18.9 Å². The predicted octanol–water partition coefficient (Wildman–Crippen LogP) is 3.12. The fourth-order valence-electron chi connectivity index (χ4n) is 3.02. The molecule has 0 saturated heterocycles. The Hall–Kier alpha value is -1.69.